The first-order valence-electron chi connectivity index (χ1n) is 8.81. The van der Waals surface area contributed by atoms with Crippen LogP contribution in [0.3, 0.4) is 0 Å². The maximum atomic E-state index is 13.7. The highest BCUT2D eigenvalue weighted by Gasteiger charge is 2.74. The second-order valence-corrected chi connectivity index (χ2v) is 8.14. The molecule has 0 radical (unpaired) electrons. The van der Waals surface area contributed by atoms with Crippen LogP contribution in [0.2, 0.25) is 0 Å². The Balaban J connectivity index is 1.52. The van der Waals surface area contributed by atoms with Crippen molar-refractivity contribution in [2.24, 2.45) is 5.92 Å². The zero-order valence-corrected chi connectivity index (χ0v) is 15.0. The van der Waals surface area contributed by atoms with E-state index < -0.39 is 35.5 Å². The van der Waals surface area contributed by atoms with E-state index in [4.69, 9.17) is 4.74 Å². The molecule has 26 heavy (non-hydrogen) atoms. The van der Waals surface area contributed by atoms with Gasteiger partial charge >= 0.3 is 6.09 Å². The highest BCUT2D eigenvalue weighted by Crippen LogP contribution is 2.58. The molecule has 0 N–H and O–H groups in total. The molecule has 4 rings (SSSR count). The van der Waals surface area contributed by atoms with Crippen molar-refractivity contribution in [1.29, 1.82) is 0 Å². The number of ether oxygens (including phenoxy) is 1. The standard InChI is InChI=1S/C17H22F2N4O3/c1-16(2,3)26-15(25)21-6-7-23-12(9-21)10(8-20-23)14(24)22-5-4-11-13(22)17(11,18)19/h8,11,13H,4-7,9H2,1-3H3. The van der Waals surface area contributed by atoms with Crippen LogP contribution in [0.4, 0.5) is 13.6 Å². The molecule has 1 aromatic heterocycles. The number of carbonyl (C=O) groups excluding carboxylic acids is 2. The van der Waals surface area contributed by atoms with Crippen LogP contribution in [0, 0.1) is 5.92 Å². The normalized spacial score (nSPS) is 26.3. The summed E-state index contributed by atoms with van der Waals surface area (Å²) in [7, 11) is 0. The van der Waals surface area contributed by atoms with Gasteiger partial charge in [0.15, 0.2) is 0 Å². The van der Waals surface area contributed by atoms with E-state index in [0.717, 1.165) is 0 Å². The van der Waals surface area contributed by atoms with Gasteiger partial charge in [-0.25, -0.2) is 13.6 Å². The molecule has 7 nitrogen and oxygen atoms in total. The van der Waals surface area contributed by atoms with Crippen LogP contribution in [0.5, 0.6) is 0 Å². The topological polar surface area (TPSA) is 67.7 Å². The van der Waals surface area contributed by atoms with E-state index in [1.165, 1.54) is 16.0 Å². The third kappa shape index (κ3) is 2.64. The summed E-state index contributed by atoms with van der Waals surface area (Å²) in [6.45, 7) is 6.72. The lowest BCUT2D eigenvalue weighted by Crippen LogP contribution is -2.42. The molecule has 1 saturated carbocycles. The first kappa shape index (κ1) is 17.2. The van der Waals surface area contributed by atoms with Crippen LogP contribution in [-0.2, 0) is 17.8 Å². The number of fused-ring (bicyclic) bond motifs is 2. The van der Waals surface area contributed by atoms with E-state index in [9.17, 15) is 18.4 Å². The van der Waals surface area contributed by atoms with Crippen molar-refractivity contribution in [3.8, 4) is 0 Å². The second kappa shape index (κ2) is 5.40. The molecule has 2 amide bonds. The Hall–Kier alpha value is -2.19. The molecule has 1 aromatic rings. The fourth-order valence-electron chi connectivity index (χ4n) is 3.85. The Bertz CT molecular complexity index is 771. The van der Waals surface area contributed by atoms with E-state index in [-0.39, 0.29) is 6.54 Å². The highest BCUT2D eigenvalue weighted by atomic mass is 19.3. The molecule has 1 aliphatic carbocycles. The van der Waals surface area contributed by atoms with Gasteiger partial charge < -0.3 is 14.5 Å². The Morgan fingerprint density at radius 1 is 1.27 bits per heavy atom. The number of amides is 2. The number of alkyl halides is 2. The third-order valence-electron chi connectivity index (χ3n) is 5.19. The molecule has 142 valence electrons. The van der Waals surface area contributed by atoms with Gasteiger partial charge in [-0.1, -0.05) is 0 Å². The summed E-state index contributed by atoms with van der Waals surface area (Å²) in [5, 5.41) is 4.20. The predicted molar refractivity (Wildman–Crippen MR) is 86.7 cm³/mol. The number of likely N-dealkylation sites (tertiary alicyclic amines) is 1. The minimum atomic E-state index is -2.77. The average molecular weight is 368 g/mol. The zero-order valence-electron chi connectivity index (χ0n) is 15.0. The molecule has 2 unspecified atom stereocenters. The van der Waals surface area contributed by atoms with E-state index in [0.29, 0.717) is 37.3 Å². The lowest BCUT2D eigenvalue weighted by Gasteiger charge is -2.31. The number of halogens is 2. The lowest BCUT2D eigenvalue weighted by molar-refractivity contribution is 0.0191. The molecular formula is C17H22F2N4O3. The molecule has 0 aromatic carbocycles. The van der Waals surface area contributed by atoms with Crippen LogP contribution in [0.25, 0.3) is 0 Å². The Kier molecular flexibility index (Phi) is 3.58. The van der Waals surface area contributed by atoms with Crippen molar-refractivity contribution < 1.29 is 23.1 Å². The number of carbonyl (C=O) groups is 2. The molecule has 1 saturated heterocycles. The van der Waals surface area contributed by atoms with Crippen molar-refractivity contribution >= 4 is 12.0 Å². The number of nitrogens with zero attached hydrogens (tertiary/aromatic N) is 4. The van der Waals surface area contributed by atoms with Crippen molar-refractivity contribution in [2.75, 3.05) is 13.1 Å². The maximum Gasteiger partial charge on any atom is 0.410 e. The molecule has 0 spiro atoms. The van der Waals surface area contributed by atoms with E-state index >= 15 is 0 Å². The summed E-state index contributed by atoms with van der Waals surface area (Å²) in [6, 6.07) is -0.990. The fraction of sp³-hybridized carbons (Fsp3) is 0.706. The Morgan fingerprint density at radius 3 is 2.62 bits per heavy atom. The number of hydrogen-bond donors (Lipinski definition) is 0. The van der Waals surface area contributed by atoms with Crippen molar-refractivity contribution in [3.63, 3.8) is 0 Å². The smallest absolute Gasteiger partial charge is 0.410 e. The number of piperidine rings is 1. The highest BCUT2D eigenvalue weighted by molar-refractivity contribution is 5.96. The molecule has 2 atom stereocenters. The summed E-state index contributed by atoms with van der Waals surface area (Å²) < 4.78 is 34.4. The van der Waals surface area contributed by atoms with Crippen LogP contribution < -0.4 is 0 Å². The van der Waals surface area contributed by atoms with Crippen LogP contribution in [-0.4, -0.2) is 62.2 Å². The van der Waals surface area contributed by atoms with Gasteiger partial charge in [0.25, 0.3) is 11.8 Å². The molecule has 9 heteroatoms. The molecular weight excluding hydrogens is 346 g/mol. The SMILES string of the molecule is CC(C)(C)OC(=O)N1CCn2ncc(C(=O)N3CCC4C3C4(F)F)c2C1. The number of hydrogen-bond acceptors (Lipinski definition) is 4. The number of aromatic nitrogens is 2. The summed E-state index contributed by atoms with van der Waals surface area (Å²) in [5.41, 5.74) is 0.247. The molecule has 3 heterocycles. The van der Waals surface area contributed by atoms with Gasteiger partial charge in [0.1, 0.15) is 11.6 Å². The quantitative estimate of drug-likeness (QED) is 0.762. The Morgan fingerprint density at radius 2 is 2.00 bits per heavy atom. The molecule has 2 fully saturated rings. The van der Waals surface area contributed by atoms with Crippen molar-refractivity contribution in [3.05, 3.63) is 17.5 Å². The minimum absolute atomic E-state index is 0.175. The average Bonchev–Trinajstić information content (AvgIpc) is 2.96. The summed E-state index contributed by atoms with van der Waals surface area (Å²) >= 11 is 0. The molecule has 2 aliphatic heterocycles. The minimum Gasteiger partial charge on any atom is -0.444 e. The van der Waals surface area contributed by atoms with Gasteiger partial charge in [-0.2, -0.15) is 5.10 Å². The van der Waals surface area contributed by atoms with Gasteiger partial charge in [-0.15, -0.1) is 0 Å². The zero-order chi connectivity index (χ0) is 18.9. The van der Waals surface area contributed by atoms with Crippen molar-refractivity contribution in [1.82, 2.24) is 19.6 Å². The van der Waals surface area contributed by atoms with E-state index in [2.05, 4.69) is 5.10 Å². The summed E-state index contributed by atoms with van der Waals surface area (Å²) in [4.78, 5) is 27.9. The van der Waals surface area contributed by atoms with Gasteiger partial charge in [0.05, 0.1) is 36.5 Å². The van der Waals surface area contributed by atoms with Gasteiger partial charge in [-0.05, 0) is 27.2 Å². The van der Waals surface area contributed by atoms with Crippen LogP contribution in [0.15, 0.2) is 6.20 Å². The van der Waals surface area contributed by atoms with Crippen molar-refractivity contribution in [2.45, 2.75) is 57.8 Å². The third-order valence-corrected chi connectivity index (χ3v) is 5.19. The molecule has 3 aliphatic rings. The second-order valence-electron chi connectivity index (χ2n) is 8.14. The largest absolute Gasteiger partial charge is 0.444 e. The summed E-state index contributed by atoms with van der Waals surface area (Å²) in [5.74, 6) is -3.91. The van der Waals surface area contributed by atoms with Gasteiger partial charge in [-0.3, -0.25) is 9.48 Å². The van der Waals surface area contributed by atoms with E-state index in [1.807, 2.05) is 0 Å². The van der Waals surface area contributed by atoms with Crippen LogP contribution in [0.1, 0.15) is 43.2 Å². The lowest BCUT2D eigenvalue weighted by atomic mass is 10.1. The van der Waals surface area contributed by atoms with Crippen LogP contribution >= 0.6 is 0 Å². The Labute approximate surface area is 149 Å². The predicted octanol–water partition coefficient (Wildman–Crippen LogP) is 2.11. The van der Waals surface area contributed by atoms with E-state index in [1.54, 1.807) is 25.5 Å². The first-order chi connectivity index (χ1) is 12.1. The maximum absolute atomic E-state index is 13.7. The monoisotopic (exact) mass is 368 g/mol. The molecule has 0 bridgehead atoms. The first-order valence-corrected chi connectivity index (χ1v) is 8.81. The summed E-state index contributed by atoms with van der Waals surface area (Å²) in [6.07, 6.45) is 1.29. The fourth-order valence-corrected chi connectivity index (χ4v) is 3.85. The van der Waals surface area contributed by atoms with Gasteiger partial charge in [0.2, 0.25) is 0 Å². The van der Waals surface area contributed by atoms with Gasteiger partial charge in [0, 0.05) is 13.1 Å². The number of rotatable bonds is 1.